The Hall–Kier alpha value is -1.96. The number of amides is 1. The molecule has 1 amide bonds. The van der Waals surface area contributed by atoms with E-state index in [0.717, 1.165) is 35.9 Å². The minimum absolute atomic E-state index is 0.170. The van der Waals surface area contributed by atoms with Crippen molar-refractivity contribution in [3.63, 3.8) is 0 Å². The molecule has 130 valence electrons. The number of hydrogen-bond acceptors (Lipinski definition) is 5. The Labute approximate surface area is 148 Å². The molecule has 0 aliphatic carbocycles. The minimum atomic E-state index is -0.859. The molecule has 2 N–H and O–H groups in total. The van der Waals surface area contributed by atoms with Crippen LogP contribution in [0.2, 0.25) is 0 Å². The summed E-state index contributed by atoms with van der Waals surface area (Å²) >= 11 is 3.37. The van der Waals surface area contributed by atoms with E-state index in [4.69, 9.17) is 14.3 Å². The molecule has 1 fully saturated rings. The molecule has 1 aromatic carbocycles. The van der Waals surface area contributed by atoms with Crippen LogP contribution in [0, 0.1) is 0 Å². The van der Waals surface area contributed by atoms with Gasteiger partial charge in [0.15, 0.2) is 5.58 Å². The molecule has 24 heavy (non-hydrogen) atoms. The third-order valence-corrected chi connectivity index (χ3v) is 4.56. The van der Waals surface area contributed by atoms with Crippen molar-refractivity contribution in [1.29, 1.82) is 0 Å². The lowest BCUT2D eigenvalue weighted by molar-refractivity contribution is 0.133. The molecule has 7 nitrogen and oxygen atoms in total. The Kier molecular flexibility index (Phi) is 5.44. The zero-order chi connectivity index (χ0) is 16.9. The van der Waals surface area contributed by atoms with Gasteiger partial charge in [0.2, 0.25) is 0 Å². The molecule has 1 aromatic heterocycles. The van der Waals surface area contributed by atoms with Gasteiger partial charge >= 0.3 is 6.09 Å². The van der Waals surface area contributed by atoms with Crippen LogP contribution in [0.15, 0.2) is 22.6 Å². The second-order valence-corrected chi connectivity index (χ2v) is 6.52. The molecule has 0 bridgehead atoms. The summed E-state index contributed by atoms with van der Waals surface area (Å²) < 4.78 is 11.4. The van der Waals surface area contributed by atoms with Gasteiger partial charge in [-0.05, 0) is 31.4 Å². The Bertz CT molecular complexity index is 698. The molecule has 0 radical (unpaired) electrons. The van der Waals surface area contributed by atoms with E-state index in [0.29, 0.717) is 31.3 Å². The fourth-order valence-corrected chi connectivity index (χ4v) is 2.92. The molecular weight excluding hydrogens is 378 g/mol. The molecule has 0 saturated carbocycles. The number of likely N-dealkylation sites (tertiary alicyclic amines) is 1. The average molecular weight is 398 g/mol. The number of carbonyl (C=O) groups is 1. The number of anilines is 1. The van der Waals surface area contributed by atoms with E-state index in [1.54, 1.807) is 0 Å². The van der Waals surface area contributed by atoms with Gasteiger partial charge in [-0.3, -0.25) is 0 Å². The molecule has 1 aliphatic rings. The highest BCUT2D eigenvalue weighted by Gasteiger charge is 2.23. The summed E-state index contributed by atoms with van der Waals surface area (Å²) in [7, 11) is 0. The van der Waals surface area contributed by atoms with E-state index in [2.05, 4.69) is 26.2 Å². The summed E-state index contributed by atoms with van der Waals surface area (Å²) in [6, 6.07) is 6.23. The van der Waals surface area contributed by atoms with E-state index in [1.165, 1.54) is 4.90 Å². The van der Waals surface area contributed by atoms with Gasteiger partial charge in [-0.25, -0.2) is 4.79 Å². The van der Waals surface area contributed by atoms with Crippen LogP contribution < -0.4 is 10.1 Å². The van der Waals surface area contributed by atoms with Crippen LogP contribution in [0.4, 0.5) is 10.8 Å². The number of fused-ring (bicyclic) bond motifs is 1. The number of hydrogen-bond donors (Lipinski definition) is 2. The summed E-state index contributed by atoms with van der Waals surface area (Å²) in [5, 5.41) is 13.1. The number of rotatable bonds is 6. The molecule has 0 spiro atoms. The van der Waals surface area contributed by atoms with E-state index in [9.17, 15) is 4.79 Å². The fourth-order valence-electron chi connectivity index (χ4n) is 2.69. The van der Waals surface area contributed by atoms with Gasteiger partial charge < -0.3 is 24.5 Å². The third kappa shape index (κ3) is 4.11. The highest BCUT2D eigenvalue weighted by Crippen LogP contribution is 2.25. The Morgan fingerprint density at radius 3 is 2.96 bits per heavy atom. The smallest absolute Gasteiger partial charge is 0.407 e. The van der Waals surface area contributed by atoms with E-state index in [-0.39, 0.29) is 6.04 Å². The molecule has 1 saturated heterocycles. The van der Waals surface area contributed by atoms with Crippen LogP contribution >= 0.6 is 15.9 Å². The third-order valence-electron chi connectivity index (χ3n) is 4.00. The van der Waals surface area contributed by atoms with Crippen LogP contribution in [-0.2, 0) is 0 Å². The van der Waals surface area contributed by atoms with Crippen molar-refractivity contribution in [2.45, 2.75) is 25.3 Å². The van der Waals surface area contributed by atoms with Gasteiger partial charge in [0.1, 0.15) is 11.3 Å². The highest BCUT2D eigenvalue weighted by molar-refractivity contribution is 9.09. The fraction of sp³-hybridized carbons (Fsp3) is 0.500. The SMILES string of the molecule is O=C(O)N1CCC(Nc2nc3cc(OCCCBr)ccc3o2)CC1. The number of piperidine rings is 1. The first-order chi connectivity index (χ1) is 11.7. The van der Waals surface area contributed by atoms with Crippen molar-refractivity contribution in [3.05, 3.63) is 18.2 Å². The number of ether oxygens (including phenoxy) is 1. The second kappa shape index (κ2) is 7.74. The van der Waals surface area contributed by atoms with E-state index >= 15 is 0 Å². The lowest BCUT2D eigenvalue weighted by Gasteiger charge is -2.29. The largest absolute Gasteiger partial charge is 0.493 e. The van der Waals surface area contributed by atoms with E-state index in [1.807, 2.05) is 18.2 Å². The number of aromatic nitrogens is 1. The molecule has 8 heteroatoms. The first-order valence-electron chi connectivity index (χ1n) is 7.99. The average Bonchev–Trinajstić information content (AvgIpc) is 2.97. The maximum Gasteiger partial charge on any atom is 0.407 e. The van der Waals surface area contributed by atoms with Crippen molar-refractivity contribution in [2.24, 2.45) is 0 Å². The quantitative estimate of drug-likeness (QED) is 0.572. The Balaban J connectivity index is 1.60. The van der Waals surface area contributed by atoms with Crippen LogP contribution in [-0.4, -0.2) is 52.2 Å². The highest BCUT2D eigenvalue weighted by atomic mass is 79.9. The van der Waals surface area contributed by atoms with Gasteiger partial charge in [-0.1, -0.05) is 15.9 Å². The molecule has 0 unspecified atom stereocenters. The van der Waals surface area contributed by atoms with Gasteiger partial charge in [-0.2, -0.15) is 4.98 Å². The Morgan fingerprint density at radius 2 is 2.25 bits per heavy atom. The molecule has 3 rings (SSSR count). The number of oxazole rings is 1. The lowest BCUT2D eigenvalue weighted by Crippen LogP contribution is -2.41. The molecule has 2 heterocycles. The zero-order valence-electron chi connectivity index (χ0n) is 13.2. The number of carboxylic acid groups (broad SMARTS) is 1. The maximum atomic E-state index is 10.9. The second-order valence-electron chi connectivity index (χ2n) is 5.73. The first-order valence-corrected chi connectivity index (χ1v) is 9.11. The predicted molar refractivity (Wildman–Crippen MR) is 94.2 cm³/mol. The van der Waals surface area contributed by atoms with Gasteiger partial charge in [0.25, 0.3) is 6.01 Å². The number of alkyl halides is 1. The monoisotopic (exact) mass is 397 g/mol. The minimum Gasteiger partial charge on any atom is -0.493 e. The summed E-state index contributed by atoms with van der Waals surface area (Å²) in [6.45, 7) is 1.71. The van der Waals surface area contributed by atoms with Crippen molar-refractivity contribution in [3.8, 4) is 5.75 Å². The molecule has 0 atom stereocenters. The summed E-state index contributed by atoms with van der Waals surface area (Å²) in [6.07, 6.45) is 1.57. The first kappa shape index (κ1) is 16.9. The summed E-state index contributed by atoms with van der Waals surface area (Å²) in [5.74, 6) is 0.776. The standard InChI is InChI=1S/C16H20BrN3O4/c17-6-1-9-23-12-2-3-14-13(10-12)19-15(24-14)18-11-4-7-20(8-5-11)16(21)22/h2-3,10-11H,1,4-9H2,(H,18,19)(H,21,22). The molecule has 2 aromatic rings. The van der Waals surface area contributed by atoms with Crippen LogP contribution in [0.3, 0.4) is 0 Å². The van der Waals surface area contributed by atoms with Gasteiger partial charge in [0.05, 0.1) is 6.61 Å². The van der Waals surface area contributed by atoms with Crippen LogP contribution in [0.1, 0.15) is 19.3 Å². The number of benzene rings is 1. The summed E-state index contributed by atoms with van der Waals surface area (Å²) in [4.78, 5) is 16.8. The summed E-state index contributed by atoms with van der Waals surface area (Å²) in [5.41, 5.74) is 1.45. The lowest BCUT2D eigenvalue weighted by atomic mass is 10.1. The van der Waals surface area contributed by atoms with Crippen molar-refractivity contribution in [2.75, 3.05) is 30.3 Å². The maximum absolute atomic E-state index is 10.9. The number of halogens is 1. The number of nitrogens with one attached hydrogen (secondary N) is 1. The molecular formula is C16H20BrN3O4. The van der Waals surface area contributed by atoms with Crippen LogP contribution in [0.25, 0.3) is 11.1 Å². The predicted octanol–water partition coefficient (Wildman–Crippen LogP) is 3.55. The Morgan fingerprint density at radius 1 is 1.46 bits per heavy atom. The zero-order valence-corrected chi connectivity index (χ0v) is 14.8. The number of nitrogens with zero attached hydrogens (tertiary/aromatic N) is 2. The van der Waals surface area contributed by atoms with Crippen molar-refractivity contribution < 1.29 is 19.1 Å². The van der Waals surface area contributed by atoms with Gasteiger partial charge in [-0.15, -0.1) is 0 Å². The van der Waals surface area contributed by atoms with Crippen molar-refractivity contribution in [1.82, 2.24) is 9.88 Å². The van der Waals surface area contributed by atoms with E-state index < -0.39 is 6.09 Å². The molecule has 1 aliphatic heterocycles. The topological polar surface area (TPSA) is 87.8 Å². The van der Waals surface area contributed by atoms with Crippen molar-refractivity contribution >= 4 is 39.1 Å². The van der Waals surface area contributed by atoms with Gasteiger partial charge in [0, 0.05) is 30.5 Å². The van der Waals surface area contributed by atoms with Crippen LogP contribution in [0.5, 0.6) is 5.75 Å². The normalized spacial score (nSPS) is 15.6.